The summed E-state index contributed by atoms with van der Waals surface area (Å²) in [6, 6.07) is 3.58. The molecule has 1 unspecified atom stereocenters. The van der Waals surface area contributed by atoms with Gasteiger partial charge >= 0.3 is 0 Å². The quantitative estimate of drug-likeness (QED) is 0.608. The third-order valence-electron chi connectivity index (χ3n) is 2.01. The molecule has 0 aliphatic heterocycles. The Bertz CT molecular complexity index is 338. The summed E-state index contributed by atoms with van der Waals surface area (Å²) < 4.78 is 1.55. The summed E-state index contributed by atoms with van der Waals surface area (Å²) >= 11 is 0. The molecule has 0 saturated heterocycles. The lowest BCUT2D eigenvalue weighted by Gasteiger charge is -2.05. The van der Waals surface area contributed by atoms with Gasteiger partial charge in [0.1, 0.15) is 0 Å². The molecule has 0 aliphatic carbocycles. The molecule has 1 aromatic heterocycles. The summed E-state index contributed by atoms with van der Waals surface area (Å²) in [4.78, 5) is 11.2. The van der Waals surface area contributed by atoms with Gasteiger partial charge < -0.3 is 4.57 Å². The second-order valence-electron chi connectivity index (χ2n) is 2.93. The van der Waals surface area contributed by atoms with E-state index in [4.69, 9.17) is 0 Å². The molecule has 0 aliphatic rings. The van der Waals surface area contributed by atoms with Crippen LogP contribution in [0.1, 0.15) is 18.4 Å². The van der Waals surface area contributed by atoms with E-state index in [0.29, 0.717) is 0 Å². The van der Waals surface area contributed by atoms with Crippen molar-refractivity contribution in [3.05, 3.63) is 46.9 Å². The standard InChI is InChI=1S/C10H13NO/c1-4-8(2)9-5-6-11(3)10(12)7-9/h4-8H,1H2,2-3H3. The van der Waals surface area contributed by atoms with Gasteiger partial charge in [-0.1, -0.05) is 13.0 Å². The molecule has 0 fully saturated rings. The molecule has 64 valence electrons. The van der Waals surface area contributed by atoms with Crippen LogP contribution in [0.3, 0.4) is 0 Å². The largest absolute Gasteiger partial charge is 0.319 e. The summed E-state index contributed by atoms with van der Waals surface area (Å²) in [5.74, 6) is 0.249. The van der Waals surface area contributed by atoms with Crippen LogP contribution >= 0.6 is 0 Å². The smallest absolute Gasteiger partial charge is 0.250 e. The molecule has 0 aromatic carbocycles. The molecule has 2 nitrogen and oxygen atoms in total. The highest BCUT2D eigenvalue weighted by molar-refractivity contribution is 5.19. The molecule has 12 heavy (non-hydrogen) atoms. The summed E-state index contributed by atoms with van der Waals surface area (Å²) in [6.07, 6.45) is 3.60. The molecule has 2 heteroatoms. The summed E-state index contributed by atoms with van der Waals surface area (Å²) in [6.45, 7) is 5.70. The first-order chi connectivity index (χ1) is 5.65. The van der Waals surface area contributed by atoms with E-state index in [1.165, 1.54) is 0 Å². The number of hydrogen-bond donors (Lipinski definition) is 0. The van der Waals surface area contributed by atoms with Gasteiger partial charge in [-0.05, 0) is 17.5 Å². The Morgan fingerprint density at radius 3 is 2.83 bits per heavy atom. The zero-order valence-corrected chi connectivity index (χ0v) is 7.45. The van der Waals surface area contributed by atoms with E-state index in [2.05, 4.69) is 6.58 Å². The first kappa shape index (κ1) is 8.78. The van der Waals surface area contributed by atoms with Crippen molar-refractivity contribution < 1.29 is 0 Å². The van der Waals surface area contributed by atoms with Crippen LogP contribution in [0.15, 0.2) is 35.8 Å². The molecule has 1 rings (SSSR count). The highest BCUT2D eigenvalue weighted by Gasteiger charge is 2.00. The average Bonchev–Trinajstić information content (AvgIpc) is 2.08. The molecule has 0 saturated carbocycles. The monoisotopic (exact) mass is 163 g/mol. The molecule has 0 radical (unpaired) electrons. The van der Waals surface area contributed by atoms with Crippen LogP contribution in [-0.2, 0) is 7.05 Å². The number of aryl methyl sites for hydroxylation is 1. The van der Waals surface area contributed by atoms with Gasteiger partial charge in [-0.3, -0.25) is 4.79 Å². The van der Waals surface area contributed by atoms with Crippen LogP contribution in [0.2, 0.25) is 0 Å². The van der Waals surface area contributed by atoms with Gasteiger partial charge in [-0.15, -0.1) is 6.58 Å². The summed E-state index contributed by atoms with van der Waals surface area (Å²) in [5.41, 5.74) is 1.05. The zero-order valence-electron chi connectivity index (χ0n) is 7.45. The lowest BCUT2D eigenvalue weighted by Crippen LogP contribution is -2.15. The highest BCUT2D eigenvalue weighted by Crippen LogP contribution is 2.12. The Morgan fingerprint density at radius 2 is 2.33 bits per heavy atom. The van der Waals surface area contributed by atoms with Crippen molar-refractivity contribution in [3.63, 3.8) is 0 Å². The van der Waals surface area contributed by atoms with Crippen LogP contribution in [0.5, 0.6) is 0 Å². The first-order valence-corrected chi connectivity index (χ1v) is 3.94. The predicted octanol–water partition coefficient (Wildman–Crippen LogP) is 1.67. The number of nitrogens with zero attached hydrogens (tertiary/aromatic N) is 1. The van der Waals surface area contributed by atoms with Crippen molar-refractivity contribution in [3.8, 4) is 0 Å². The number of allylic oxidation sites excluding steroid dienone is 1. The van der Waals surface area contributed by atoms with Gasteiger partial charge in [0, 0.05) is 19.3 Å². The fourth-order valence-electron chi connectivity index (χ4n) is 0.983. The van der Waals surface area contributed by atoms with Crippen molar-refractivity contribution in [1.82, 2.24) is 4.57 Å². The topological polar surface area (TPSA) is 22.0 Å². The van der Waals surface area contributed by atoms with Gasteiger partial charge in [0.15, 0.2) is 0 Å². The van der Waals surface area contributed by atoms with E-state index in [0.717, 1.165) is 5.56 Å². The fourth-order valence-corrected chi connectivity index (χ4v) is 0.983. The molecule has 1 aromatic rings. The minimum absolute atomic E-state index is 0.0289. The summed E-state index contributed by atoms with van der Waals surface area (Å²) in [7, 11) is 1.74. The minimum atomic E-state index is 0.0289. The van der Waals surface area contributed by atoms with Crippen LogP contribution in [0, 0.1) is 0 Å². The van der Waals surface area contributed by atoms with Crippen LogP contribution < -0.4 is 5.56 Å². The van der Waals surface area contributed by atoms with Gasteiger partial charge in [-0.25, -0.2) is 0 Å². The number of aromatic nitrogens is 1. The van der Waals surface area contributed by atoms with Crippen molar-refractivity contribution in [2.45, 2.75) is 12.8 Å². The normalized spacial score (nSPS) is 12.5. The van der Waals surface area contributed by atoms with E-state index in [9.17, 15) is 4.79 Å². The average molecular weight is 163 g/mol. The minimum Gasteiger partial charge on any atom is -0.319 e. The fraction of sp³-hybridized carbons (Fsp3) is 0.300. The molecule has 0 N–H and O–H groups in total. The second-order valence-corrected chi connectivity index (χ2v) is 2.93. The molecular weight excluding hydrogens is 150 g/mol. The summed E-state index contributed by atoms with van der Waals surface area (Å²) in [5, 5.41) is 0. The molecule has 0 amide bonds. The van der Waals surface area contributed by atoms with E-state index in [-0.39, 0.29) is 11.5 Å². The molecule has 1 heterocycles. The van der Waals surface area contributed by atoms with Crippen LogP contribution in [-0.4, -0.2) is 4.57 Å². The zero-order chi connectivity index (χ0) is 9.14. The third kappa shape index (κ3) is 1.64. The van der Waals surface area contributed by atoms with E-state index in [1.54, 1.807) is 23.9 Å². The van der Waals surface area contributed by atoms with E-state index < -0.39 is 0 Å². The van der Waals surface area contributed by atoms with Crippen molar-refractivity contribution >= 4 is 0 Å². The maximum atomic E-state index is 11.2. The Morgan fingerprint density at radius 1 is 1.67 bits per heavy atom. The Balaban J connectivity index is 3.13. The number of pyridine rings is 1. The molecule has 0 bridgehead atoms. The lowest BCUT2D eigenvalue weighted by molar-refractivity contribution is 0.839. The Labute approximate surface area is 72.2 Å². The predicted molar refractivity (Wildman–Crippen MR) is 50.3 cm³/mol. The highest BCUT2D eigenvalue weighted by atomic mass is 16.1. The number of rotatable bonds is 2. The van der Waals surface area contributed by atoms with Crippen molar-refractivity contribution in [1.29, 1.82) is 0 Å². The SMILES string of the molecule is C=CC(C)c1ccn(C)c(=O)c1. The van der Waals surface area contributed by atoms with E-state index in [1.807, 2.05) is 19.1 Å². The van der Waals surface area contributed by atoms with Crippen LogP contribution in [0.4, 0.5) is 0 Å². The van der Waals surface area contributed by atoms with Gasteiger partial charge in [-0.2, -0.15) is 0 Å². The van der Waals surface area contributed by atoms with E-state index >= 15 is 0 Å². The van der Waals surface area contributed by atoms with Gasteiger partial charge in [0.2, 0.25) is 0 Å². The van der Waals surface area contributed by atoms with Gasteiger partial charge in [0.05, 0.1) is 0 Å². The third-order valence-corrected chi connectivity index (χ3v) is 2.01. The molecule has 1 atom stereocenters. The second kappa shape index (κ2) is 3.39. The van der Waals surface area contributed by atoms with Crippen molar-refractivity contribution in [2.75, 3.05) is 0 Å². The maximum absolute atomic E-state index is 11.2. The maximum Gasteiger partial charge on any atom is 0.250 e. The van der Waals surface area contributed by atoms with Crippen LogP contribution in [0.25, 0.3) is 0 Å². The van der Waals surface area contributed by atoms with Crippen molar-refractivity contribution in [2.24, 2.45) is 7.05 Å². The molecular formula is C10H13NO. The Hall–Kier alpha value is -1.31. The lowest BCUT2D eigenvalue weighted by atomic mass is 10.0. The molecule has 0 spiro atoms. The van der Waals surface area contributed by atoms with Gasteiger partial charge in [0.25, 0.3) is 5.56 Å². The number of hydrogen-bond acceptors (Lipinski definition) is 1. The Kier molecular flexibility index (Phi) is 2.48. The first-order valence-electron chi connectivity index (χ1n) is 3.94.